The second-order valence-electron chi connectivity index (χ2n) is 3.06. The van der Waals surface area contributed by atoms with Crippen molar-refractivity contribution in [3.8, 4) is 0 Å². The molecule has 1 aromatic carbocycles. The van der Waals surface area contributed by atoms with Gasteiger partial charge in [0.2, 0.25) is 5.91 Å². The number of rotatable bonds is 4. The summed E-state index contributed by atoms with van der Waals surface area (Å²) < 4.78 is 13.2. The summed E-state index contributed by atoms with van der Waals surface area (Å²) in [5.41, 5.74) is 6.00. The Hall–Kier alpha value is -0.940. The van der Waals surface area contributed by atoms with Gasteiger partial charge in [-0.1, -0.05) is 6.07 Å². The molecule has 0 spiro atoms. The average Bonchev–Trinajstić information content (AvgIpc) is 2.20. The van der Waals surface area contributed by atoms with Gasteiger partial charge in [-0.25, -0.2) is 4.39 Å². The van der Waals surface area contributed by atoms with Crippen LogP contribution in [0.5, 0.6) is 0 Å². The molecular formula is C10H12BrFN2O. The number of nitrogens with one attached hydrogen (secondary N) is 1. The largest absolute Gasteiger partial charge is 0.355 e. The maximum absolute atomic E-state index is 12.9. The van der Waals surface area contributed by atoms with Crippen molar-refractivity contribution < 1.29 is 9.18 Å². The predicted molar refractivity (Wildman–Crippen MR) is 59.9 cm³/mol. The molecule has 1 amide bonds. The number of nitrogens with two attached hydrogens (primary N) is 1. The normalized spacial score (nSPS) is 10.1. The van der Waals surface area contributed by atoms with Crippen molar-refractivity contribution in [3.63, 3.8) is 0 Å². The standard InChI is InChI=1S/C10H12BrFN2O/c11-8-5-7(1-2-9(8)12)6-10(15)14-4-3-13/h1-2,5H,3-4,6,13H2,(H,14,15). The van der Waals surface area contributed by atoms with E-state index in [-0.39, 0.29) is 18.1 Å². The minimum atomic E-state index is -0.332. The number of halogens is 2. The van der Waals surface area contributed by atoms with Crippen LogP contribution in [0.25, 0.3) is 0 Å². The Bertz CT molecular complexity index is 357. The molecule has 0 saturated carbocycles. The lowest BCUT2D eigenvalue weighted by Gasteiger charge is -2.04. The fourth-order valence-electron chi connectivity index (χ4n) is 1.11. The van der Waals surface area contributed by atoms with E-state index in [1.807, 2.05) is 0 Å². The minimum absolute atomic E-state index is 0.112. The summed E-state index contributed by atoms with van der Waals surface area (Å²) in [4.78, 5) is 11.3. The quantitative estimate of drug-likeness (QED) is 0.867. The van der Waals surface area contributed by atoms with E-state index < -0.39 is 0 Å². The fraction of sp³-hybridized carbons (Fsp3) is 0.300. The van der Waals surface area contributed by atoms with Gasteiger partial charge in [-0.15, -0.1) is 0 Å². The molecule has 5 heteroatoms. The number of amides is 1. The molecule has 0 aliphatic carbocycles. The molecule has 0 aliphatic heterocycles. The summed E-state index contributed by atoms with van der Waals surface area (Å²) in [6, 6.07) is 4.51. The van der Waals surface area contributed by atoms with Gasteiger partial charge in [-0.3, -0.25) is 4.79 Å². The van der Waals surface area contributed by atoms with Crippen LogP contribution in [0, 0.1) is 5.82 Å². The van der Waals surface area contributed by atoms with E-state index in [1.165, 1.54) is 6.07 Å². The van der Waals surface area contributed by atoms with Crippen LogP contribution in [-0.4, -0.2) is 19.0 Å². The molecule has 15 heavy (non-hydrogen) atoms. The van der Waals surface area contributed by atoms with Crippen molar-refractivity contribution in [2.24, 2.45) is 5.73 Å². The summed E-state index contributed by atoms with van der Waals surface area (Å²) in [5.74, 6) is -0.444. The van der Waals surface area contributed by atoms with Crippen LogP contribution >= 0.6 is 15.9 Å². The average molecular weight is 275 g/mol. The Kier molecular flexibility index (Phi) is 4.71. The van der Waals surface area contributed by atoms with Gasteiger partial charge in [-0.2, -0.15) is 0 Å². The summed E-state index contributed by atoms with van der Waals surface area (Å²) in [5, 5.41) is 2.64. The zero-order valence-electron chi connectivity index (χ0n) is 8.09. The molecule has 3 nitrogen and oxygen atoms in total. The number of hydrogen-bond donors (Lipinski definition) is 2. The van der Waals surface area contributed by atoms with Crippen LogP contribution in [0.1, 0.15) is 5.56 Å². The van der Waals surface area contributed by atoms with Crippen molar-refractivity contribution in [1.82, 2.24) is 5.32 Å². The first-order chi connectivity index (χ1) is 7.13. The molecule has 0 radical (unpaired) electrons. The monoisotopic (exact) mass is 274 g/mol. The maximum Gasteiger partial charge on any atom is 0.224 e. The van der Waals surface area contributed by atoms with Crippen molar-refractivity contribution in [2.45, 2.75) is 6.42 Å². The Labute approximate surface area is 96.0 Å². The van der Waals surface area contributed by atoms with Crippen LogP contribution in [0.3, 0.4) is 0 Å². The molecule has 1 rings (SSSR count). The van der Waals surface area contributed by atoms with Gasteiger partial charge in [-0.05, 0) is 33.6 Å². The van der Waals surface area contributed by atoms with Gasteiger partial charge in [0.1, 0.15) is 5.82 Å². The molecule has 0 unspecified atom stereocenters. The molecule has 0 heterocycles. The van der Waals surface area contributed by atoms with Gasteiger partial charge in [0.15, 0.2) is 0 Å². The second kappa shape index (κ2) is 5.82. The third-order valence-electron chi connectivity index (χ3n) is 1.82. The molecular weight excluding hydrogens is 263 g/mol. The molecule has 82 valence electrons. The first kappa shape index (κ1) is 12.1. The number of carbonyl (C=O) groups excluding carboxylic acids is 1. The second-order valence-corrected chi connectivity index (χ2v) is 3.92. The summed E-state index contributed by atoms with van der Waals surface area (Å²) in [6.07, 6.45) is 0.235. The lowest BCUT2D eigenvalue weighted by Crippen LogP contribution is -2.30. The number of hydrogen-bond acceptors (Lipinski definition) is 2. The van der Waals surface area contributed by atoms with Gasteiger partial charge in [0.25, 0.3) is 0 Å². The molecule has 0 atom stereocenters. The van der Waals surface area contributed by atoms with Crippen LogP contribution in [0.15, 0.2) is 22.7 Å². The van der Waals surface area contributed by atoms with Crippen LogP contribution in [0.4, 0.5) is 4.39 Å². The Morgan fingerprint density at radius 1 is 1.53 bits per heavy atom. The van der Waals surface area contributed by atoms with Gasteiger partial charge < -0.3 is 11.1 Å². The van der Waals surface area contributed by atoms with E-state index >= 15 is 0 Å². The highest BCUT2D eigenvalue weighted by Crippen LogP contribution is 2.16. The molecule has 0 saturated heterocycles. The molecule has 3 N–H and O–H groups in total. The molecule has 1 aromatic rings. The van der Waals surface area contributed by atoms with Gasteiger partial charge in [0, 0.05) is 13.1 Å². The molecule has 0 bridgehead atoms. The molecule has 0 aliphatic rings. The van der Waals surface area contributed by atoms with Crippen molar-refractivity contribution in [2.75, 3.05) is 13.1 Å². The van der Waals surface area contributed by atoms with Crippen LogP contribution in [-0.2, 0) is 11.2 Å². The predicted octanol–water partition coefficient (Wildman–Crippen LogP) is 1.21. The SMILES string of the molecule is NCCNC(=O)Cc1ccc(F)c(Br)c1. The lowest BCUT2D eigenvalue weighted by atomic mass is 10.1. The van der Waals surface area contributed by atoms with E-state index in [0.29, 0.717) is 17.6 Å². The van der Waals surface area contributed by atoms with Gasteiger partial charge >= 0.3 is 0 Å². The zero-order chi connectivity index (χ0) is 11.3. The Morgan fingerprint density at radius 3 is 2.87 bits per heavy atom. The lowest BCUT2D eigenvalue weighted by molar-refractivity contribution is -0.120. The van der Waals surface area contributed by atoms with E-state index in [1.54, 1.807) is 12.1 Å². The van der Waals surface area contributed by atoms with Crippen molar-refractivity contribution in [1.29, 1.82) is 0 Å². The number of carbonyl (C=O) groups is 1. The summed E-state index contributed by atoms with van der Waals surface area (Å²) >= 11 is 3.06. The number of benzene rings is 1. The minimum Gasteiger partial charge on any atom is -0.355 e. The Morgan fingerprint density at radius 2 is 2.27 bits per heavy atom. The first-order valence-electron chi connectivity index (χ1n) is 4.54. The Balaban J connectivity index is 2.57. The highest BCUT2D eigenvalue weighted by molar-refractivity contribution is 9.10. The third kappa shape index (κ3) is 3.97. The van der Waals surface area contributed by atoms with Crippen molar-refractivity contribution in [3.05, 3.63) is 34.1 Å². The zero-order valence-corrected chi connectivity index (χ0v) is 9.68. The van der Waals surface area contributed by atoms with E-state index in [2.05, 4.69) is 21.2 Å². The van der Waals surface area contributed by atoms with Crippen LogP contribution < -0.4 is 11.1 Å². The smallest absolute Gasteiger partial charge is 0.224 e. The fourth-order valence-corrected chi connectivity index (χ4v) is 1.54. The topological polar surface area (TPSA) is 55.1 Å². The van der Waals surface area contributed by atoms with E-state index in [0.717, 1.165) is 5.56 Å². The first-order valence-corrected chi connectivity index (χ1v) is 5.33. The summed E-state index contributed by atoms with van der Waals surface area (Å²) in [6.45, 7) is 0.875. The van der Waals surface area contributed by atoms with E-state index in [9.17, 15) is 9.18 Å². The highest BCUT2D eigenvalue weighted by Gasteiger charge is 2.05. The summed E-state index contributed by atoms with van der Waals surface area (Å²) in [7, 11) is 0. The van der Waals surface area contributed by atoms with Crippen LogP contribution in [0.2, 0.25) is 0 Å². The maximum atomic E-state index is 12.9. The third-order valence-corrected chi connectivity index (χ3v) is 2.42. The van der Waals surface area contributed by atoms with E-state index in [4.69, 9.17) is 5.73 Å². The van der Waals surface area contributed by atoms with Crippen molar-refractivity contribution >= 4 is 21.8 Å². The molecule has 0 fully saturated rings. The van der Waals surface area contributed by atoms with Gasteiger partial charge in [0.05, 0.1) is 10.9 Å². The highest BCUT2D eigenvalue weighted by atomic mass is 79.9. The molecule has 0 aromatic heterocycles.